The van der Waals surface area contributed by atoms with Crippen LogP contribution in [0.2, 0.25) is 0 Å². The van der Waals surface area contributed by atoms with E-state index in [1.165, 1.54) is 7.11 Å². The number of nitrogens with zero attached hydrogens (tertiary/aromatic N) is 4. The summed E-state index contributed by atoms with van der Waals surface area (Å²) < 4.78 is 8.09. The minimum Gasteiger partial charge on any atom is -0.469 e. The molecule has 2 atom stereocenters. The predicted molar refractivity (Wildman–Crippen MR) is 128 cm³/mol. The average Bonchev–Trinajstić information content (AvgIpc) is 3.54. The third-order valence-corrected chi connectivity index (χ3v) is 6.94. The molecule has 0 aliphatic carbocycles. The van der Waals surface area contributed by atoms with Gasteiger partial charge in [0.15, 0.2) is 10.2 Å². The van der Waals surface area contributed by atoms with Crippen LogP contribution < -0.4 is 5.32 Å². The Morgan fingerprint density at radius 2 is 2.03 bits per heavy atom. The van der Waals surface area contributed by atoms with Gasteiger partial charge in [-0.15, -0.1) is 0 Å². The van der Waals surface area contributed by atoms with E-state index in [-0.39, 0.29) is 24.5 Å². The molecule has 3 aromatic heterocycles. The van der Waals surface area contributed by atoms with Crippen LogP contribution in [0.5, 0.6) is 0 Å². The van der Waals surface area contributed by atoms with E-state index in [4.69, 9.17) is 21.9 Å². The van der Waals surface area contributed by atoms with Crippen LogP contribution in [-0.4, -0.2) is 44.2 Å². The molecule has 4 heterocycles. The first kappa shape index (κ1) is 20.6. The Bertz CT molecular complexity index is 1240. The maximum absolute atomic E-state index is 11.9. The highest BCUT2D eigenvalue weighted by molar-refractivity contribution is 7.80. The minimum atomic E-state index is -0.269. The molecule has 0 amide bonds. The Labute approximate surface area is 194 Å². The second kappa shape index (κ2) is 8.68. The second-order valence-electron chi connectivity index (χ2n) is 7.41. The first-order chi connectivity index (χ1) is 15.7. The molecule has 1 aliphatic heterocycles. The number of hydrogen-bond acceptors (Lipinski definition) is 6. The Balaban J connectivity index is 1.58. The molecule has 1 saturated heterocycles. The van der Waals surface area contributed by atoms with E-state index in [0.717, 1.165) is 26.7 Å². The lowest BCUT2D eigenvalue weighted by molar-refractivity contribution is -0.140. The van der Waals surface area contributed by atoms with Gasteiger partial charge in [0, 0.05) is 18.9 Å². The molecule has 1 fully saturated rings. The second-order valence-corrected chi connectivity index (χ2v) is 8.81. The van der Waals surface area contributed by atoms with Gasteiger partial charge in [-0.25, -0.2) is 4.98 Å². The number of ether oxygens (including phenoxy) is 1. The Morgan fingerprint density at radius 1 is 1.19 bits per heavy atom. The summed E-state index contributed by atoms with van der Waals surface area (Å²) in [5, 5.41) is 4.89. The molecule has 5 rings (SSSR count). The first-order valence-electron chi connectivity index (χ1n) is 10.2. The molecule has 0 unspecified atom stereocenters. The van der Waals surface area contributed by atoms with E-state index < -0.39 is 0 Å². The predicted octanol–water partition coefficient (Wildman–Crippen LogP) is 4.02. The Morgan fingerprint density at radius 3 is 2.81 bits per heavy atom. The zero-order chi connectivity index (χ0) is 22.1. The molecule has 162 valence electrons. The SMILES string of the molecule is COC(=O)CCN1C(=S)N[C@H](c2ccccn2)[C@@H]1c1cccn1-c1nc2ccccc2s1. The van der Waals surface area contributed by atoms with Crippen LogP contribution in [0.15, 0.2) is 67.0 Å². The van der Waals surface area contributed by atoms with Crippen molar-refractivity contribution in [1.29, 1.82) is 0 Å². The van der Waals surface area contributed by atoms with Crippen LogP contribution in [-0.2, 0) is 9.53 Å². The van der Waals surface area contributed by atoms with Crippen molar-refractivity contribution in [2.45, 2.75) is 18.5 Å². The van der Waals surface area contributed by atoms with Crippen LogP contribution in [0, 0.1) is 0 Å². The van der Waals surface area contributed by atoms with Gasteiger partial charge in [-0.3, -0.25) is 14.3 Å². The van der Waals surface area contributed by atoms with E-state index in [2.05, 4.69) is 27.0 Å². The quantitative estimate of drug-likeness (QED) is 0.342. The average molecular weight is 464 g/mol. The number of esters is 1. The topological polar surface area (TPSA) is 72.3 Å². The van der Waals surface area contributed by atoms with Crippen molar-refractivity contribution in [1.82, 2.24) is 24.8 Å². The molecule has 0 bridgehead atoms. The Kier molecular flexibility index (Phi) is 5.59. The van der Waals surface area contributed by atoms with Crippen molar-refractivity contribution in [3.63, 3.8) is 0 Å². The molecular formula is C23H21N5O2S2. The summed E-state index contributed by atoms with van der Waals surface area (Å²) in [5.41, 5.74) is 2.88. The largest absolute Gasteiger partial charge is 0.469 e. The first-order valence-corrected chi connectivity index (χ1v) is 11.5. The van der Waals surface area contributed by atoms with Crippen molar-refractivity contribution in [2.24, 2.45) is 0 Å². The third-order valence-electron chi connectivity index (χ3n) is 5.55. The zero-order valence-electron chi connectivity index (χ0n) is 17.3. The van der Waals surface area contributed by atoms with Gasteiger partial charge in [-0.1, -0.05) is 29.5 Å². The monoisotopic (exact) mass is 463 g/mol. The minimum absolute atomic E-state index is 0.163. The van der Waals surface area contributed by atoms with Crippen molar-refractivity contribution >= 4 is 44.9 Å². The van der Waals surface area contributed by atoms with Crippen molar-refractivity contribution in [2.75, 3.05) is 13.7 Å². The fraction of sp³-hybridized carbons (Fsp3) is 0.217. The highest BCUT2D eigenvalue weighted by Gasteiger charge is 2.41. The smallest absolute Gasteiger partial charge is 0.307 e. The van der Waals surface area contributed by atoms with Crippen LogP contribution in [0.4, 0.5) is 0 Å². The van der Waals surface area contributed by atoms with E-state index in [9.17, 15) is 4.79 Å². The number of fused-ring (bicyclic) bond motifs is 1. The number of aromatic nitrogens is 3. The number of para-hydroxylation sites is 1. The van der Waals surface area contributed by atoms with Crippen LogP contribution in [0.25, 0.3) is 15.3 Å². The van der Waals surface area contributed by atoms with Gasteiger partial charge in [0.2, 0.25) is 0 Å². The van der Waals surface area contributed by atoms with Gasteiger partial charge >= 0.3 is 5.97 Å². The fourth-order valence-corrected chi connectivity index (χ4v) is 5.36. The molecule has 0 saturated carbocycles. The number of carbonyl (C=O) groups is 1. The fourth-order valence-electron chi connectivity index (χ4n) is 4.05. The normalized spacial score (nSPS) is 18.2. The van der Waals surface area contributed by atoms with Gasteiger partial charge in [-0.2, -0.15) is 0 Å². The molecule has 9 heteroatoms. The Hall–Kier alpha value is -3.30. The molecule has 4 aromatic rings. The maximum Gasteiger partial charge on any atom is 0.307 e. The number of thiocarbonyl (C=S) groups is 1. The molecule has 1 aliphatic rings. The van der Waals surface area contributed by atoms with E-state index >= 15 is 0 Å². The van der Waals surface area contributed by atoms with Crippen molar-refractivity contribution in [3.8, 4) is 5.13 Å². The molecule has 0 spiro atoms. The van der Waals surface area contributed by atoms with E-state index in [1.54, 1.807) is 17.5 Å². The number of carbonyl (C=O) groups excluding carboxylic acids is 1. The number of hydrogen-bond donors (Lipinski definition) is 1. The van der Waals surface area contributed by atoms with Gasteiger partial charge in [0.1, 0.15) is 0 Å². The summed E-state index contributed by atoms with van der Waals surface area (Å²) in [6, 6.07) is 17.7. The van der Waals surface area contributed by atoms with Crippen LogP contribution >= 0.6 is 23.6 Å². The van der Waals surface area contributed by atoms with Gasteiger partial charge < -0.3 is 15.0 Å². The summed E-state index contributed by atoms with van der Waals surface area (Å²) in [6.45, 7) is 0.442. The van der Waals surface area contributed by atoms with E-state index in [1.807, 2.05) is 53.6 Å². The molecule has 7 nitrogen and oxygen atoms in total. The number of benzene rings is 1. The summed E-state index contributed by atoms with van der Waals surface area (Å²) in [6.07, 6.45) is 4.04. The number of methoxy groups -OCH3 is 1. The number of pyridine rings is 1. The molecule has 0 radical (unpaired) electrons. The summed E-state index contributed by atoms with van der Waals surface area (Å²) >= 11 is 7.32. The standard InChI is InChI=1S/C23H21N5O2S2/c1-30-19(29)11-14-28-21(20(26-22(28)31)16-8-4-5-12-24-16)17-9-6-13-27(17)23-25-15-7-2-3-10-18(15)32-23/h2-10,12-13,20-21H,11,14H2,1H3,(H,26,31)/t20-,21+/m1/s1. The number of nitrogens with one attached hydrogen (secondary N) is 1. The highest BCUT2D eigenvalue weighted by Crippen LogP contribution is 2.40. The zero-order valence-corrected chi connectivity index (χ0v) is 19.0. The van der Waals surface area contributed by atoms with Gasteiger partial charge in [0.05, 0.1) is 47.2 Å². The van der Waals surface area contributed by atoms with Crippen LogP contribution in [0.1, 0.15) is 29.9 Å². The molecule has 1 aromatic carbocycles. The lowest BCUT2D eigenvalue weighted by atomic mass is 10.0. The summed E-state index contributed by atoms with van der Waals surface area (Å²) in [5.74, 6) is -0.269. The van der Waals surface area contributed by atoms with E-state index in [0.29, 0.717) is 11.7 Å². The highest BCUT2D eigenvalue weighted by atomic mass is 32.1. The van der Waals surface area contributed by atoms with Crippen molar-refractivity contribution in [3.05, 3.63) is 78.4 Å². The summed E-state index contributed by atoms with van der Waals surface area (Å²) in [4.78, 5) is 23.3. The van der Waals surface area contributed by atoms with Gasteiger partial charge in [0.25, 0.3) is 0 Å². The van der Waals surface area contributed by atoms with Crippen molar-refractivity contribution < 1.29 is 9.53 Å². The van der Waals surface area contributed by atoms with Gasteiger partial charge in [-0.05, 0) is 48.6 Å². The molecule has 32 heavy (non-hydrogen) atoms. The lowest BCUT2D eigenvalue weighted by Gasteiger charge is -2.28. The number of rotatable bonds is 6. The molecule has 1 N–H and O–H groups in total. The lowest BCUT2D eigenvalue weighted by Crippen LogP contribution is -2.32. The third kappa shape index (κ3) is 3.74. The summed E-state index contributed by atoms with van der Waals surface area (Å²) in [7, 11) is 1.40. The number of thiazole rings is 1. The van der Waals surface area contributed by atoms with Crippen LogP contribution in [0.3, 0.4) is 0 Å². The maximum atomic E-state index is 11.9. The molecular weight excluding hydrogens is 442 g/mol.